The fourth-order valence-corrected chi connectivity index (χ4v) is 1.87. The van der Waals surface area contributed by atoms with Crippen molar-refractivity contribution in [3.63, 3.8) is 0 Å². The van der Waals surface area contributed by atoms with Gasteiger partial charge < -0.3 is 10.2 Å². The molecule has 0 spiro atoms. The summed E-state index contributed by atoms with van der Waals surface area (Å²) in [5.41, 5.74) is 0. The van der Waals surface area contributed by atoms with Crippen LogP contribution in [-0.4, -0.2) is 51.7 Å². The molecule has 5 heteroatoms. The van der Waals surface area contributed by atoms with Crippen LogP contribution in [-0.2, 0) is 9.59 Å². The molecule has 0 aliphatic carbocycles. The number of carboxylic acid groups (broad SMARTS) is 2. The van der Waals surface area contributed by atoms with Gasteiger partial charge in [-0.05, 0) is 12.3 Å². The number of hydrogen-bond acceptors (Lipinski definition) is 2. The third-order valence-corrected chi connectivity index (χ3v) is 2.93. The molecule has 0 aliphatic heterocycles. The number of carboxylic acids is 2. The van der Waals surface area contributed by atoms with E-state index in [1.54, 1.807) is 0 Å². The van der Waals surface area contributed by atoms with Gasteiger partial charge in [0.05, 0.1) is 12.3 Å². The van der Waals surface area contributed by atoms with Gasteiger partial charge in [-0.15, -0.1) is 0 Å². The summed E-state index contributed by atoms with van der Waals surface area (Å²) >= 11 is 0. The summed E-state index contributed by atoms with van der Waals surface area (Å²) in [7, 11) is 0. The fraction of sp³-hybridized carbons (Fsp3) is 0.833. The SMILES string of the molecule is CCCCC(CC)CC(CC(=O)O)C(=O)O.[NaH]. The summed E-state index contributed by atoms with van der Waals surface area (Å²) in [4.78, 5) is 21.4. The van der Waals surface area contributed by atoms with E-state index in [4.69, 9.17) is 10.2 Å². The quantitative estimate of drug-likeness (QED) is 0.618. The Labute approximate surface area is 125 Å². The van der Waals surface area contributed by atoms with Crippen LogP contribution in [0.5, 0.6) is 0 Å². The molecular formula is C12H23NaO4. The molecule has 0 saturated heterocycles. The molecule has 0 aromatic heterocycles. The Bertz CT molecular complexity index is 231. The van der Waals surface area contributed by atoms with E-state index >= 15 is 0 Å². The van der Waals surface area contributed by atoms with Gasteiger partial charge in [-0.25, -0.2) is 0 Å². The first-order valence-corrected chi connectivity index (χ1v) is 5.95. The van der Waals surface area contributed by atoms with Gasteiger partial charge in [-0.2, -0.15) is 0 Å². The molecule has 17 heavy (non-hydrogen) atoms. The van der Waals surface area contributed by atoms with Gasteiger partial charge in [0.1, 0.15) is 0 Å². The van der Waals surface area contributed by atoms with Crippen molar-refractivity contribution in [2.75, 3.05) is 0 Å². The number of unbranched alkanes of at least 4 members (excludes halogenated alkanes) is 1. The van der Waals surface area contributed by atoms with Crippen molar-refractivity contribution in [1.82, 2.24) is 0 Å². The maximum absolute atomic E-state index is 10.9. The third kappa shape index (κ3) is 9.62. The number of aliphatic carboxylic acids is 2. The summed E-state index contributed by atoms with van der Waals surface area (Å²) in [6.07, 6.45) is 4.31. The van der Waals surface area contributed by atoms with Gasteiger partial charge in [0.2, 0.25) is 0 Å². The number of carbonyl (C=O) groups is 2. The minimum absolute atomic E-state index is 0. The molecule has 2 unspecified atom stereocenters. The predicted octanol–water partition coefficient (Wildman–Crippen LogP) is 2.12. The van der Waals surface area contributed by atoms with Gasteiger partial charge in [-0.1, -0.05) is 39.5 Å². The second-order valence-corrected chi connectivity index (χ2v) is 4.29. The Kier molecular flexibility index (Phi) is 12.5. The normalized spacial score (nSPS) is 13.5. The summed E-state index contributed by atoms with van der Waals surface area (Å²) in [6, 6.07) is 0. The van der Waals surface area contributed by atoms with Crippen LogP contribution in [0.25, 0.3) is 0 Å². The average molecular weight is 254 g/mol. The molecule has 0 saturated carbocycles. The van der Waals surface area contributed by atoms with Gasteiger partial charge in [-0.3, -0.25) is 9.59 Å². The Morgan fingerprint density at radius 1 is 1.18 bits per heavy atom. The molecule has 0 amide bonds. The maximum atomic E-state index is 10.9. The Morgan fingerprint density at radius 2 is 1.76 bits per heavy atom. The van der Waals surface area contributed by atoms with Crippen LogP contribution in [0.15, 0.2) is 0 Å². The van der Waals surface area contributed by atoms with Crippen LogP contribution in [0.1, 0.15) is 52.4 Å². The number of rotatable bonds is 9. The van der Waals surface area contributed by atoms with E-state index in [0.29, 0.717) is 12.3 Å². The van der Waals surface area contributed by atoms with Gasteiger partial charge in [0.15, 0.2) is 0 Å². The Balaban J connectivity index is 0. The van der Waals surface area contributed by atoms with Crippen LogP contribution >= 0.6 is 0 Å². The van der Waals surface area contributed by atoms with Crippen LogP contribution < -0.4 is 0 Å². The average Bonchev–Trinajstić information content (AvgIpc) is 2.21. The molecule has 0 fully saturated rings. The first kappa shape index (κ1) is 19.3. The zero-order valence-electron chi connectivity index (χ0n) is 10.1. The van der Waals surface area contributed by atoms with E-state index in [1.165, 1.54) is 0 Å². The van der Waals surface area contributed by atoms with Crippen LogP contribution in [0, 0.1) is 11.8 Å². The number of hydrogen-bond donors (Lipinski definition) is 2. The molecule has 0 aromatic carbocycles. The second kappa shape index (κ2) is 11.1. The van der Waals surface area contributed by atoms with E-state index < -0.39 is 17.9 Å². The molecular weight excluding hydrogens is 231 g/mol. The van der Waals surface area contributed by atoms with E-state index in [9.17, 15) is 9.59 Å². The molecule has 0 radical (unpaired) electrons. The molecule has 0 rings (SSSR count). The van der Waals surface area contributed by atoms with Crippen molar-refractivity contribution >= 4 is 41.5 Å². The van der Waals surface area contributed by atoms with Crippen molar-refractivity contribution in [1.29, 1.82) is 0 Å². The molecule has 0 aliphatic rings. The molecule has 2 atom stereocenters. The van der Waals surface area contributed by atoms with Crippen molar-refractivity contribution in [2.45, 2.75) is 52.4 Å². The molecule has 0 aromatic rings. The second-order valence-electron chi connectivity index (χ2n) is 4.29. The van der Waals surface area contributed by atoms with Gasteiger partial charge in [0, 0.05) is 0 Å². The van der Waals surface area contributed by atoms with Crippen molar-refractivity contribution in [3.8, 4) is 0 Å². The van der Waals surface area contributed by atoms with Crippen LogP contribution in [0.3, 0.4) is 0 Å². The monoisotopic (exact) mass is 254 g/mol. The summed E-state index contributed by atoms with van der Waals surface area (Å²) in [6.45, 7) is 4.12. The van der Waals surface area contributed by atoms with Crippen LogP contribution in [0.2, 0.25) is 0 Å². The predicted molar refractivity (Wildman–Crippen MR) is 68.5 cm³/mol. The van der Waals surface area contributed by atoms with E-state index in [-0.39, 0.29) is 36.0 Å². The summed E-state index contributed by atoms with van der Waals surface area (Å²) in [5.74, 6) is -2.42. The Hall–Kier alpha value is -0.0600. The third-order valence-electron chi connectivity index (χ3n) is 2.93. The van der Waals surface area contributed by atoms with E-state index in [0.717, 1.165) is 25.7 Å². The first-order chi connectivity index (χ1) is 7.51. The Morgan fingerprint density at radius 3 is 2.12 bits per heavy atom. The topological polar surface area (TPSA) is 74.6 Å². The van der Waals surface area contributed by atoms with Gasteiger partial charge in [0.25, 0.3) is 0 Å². The first-order valence-electron chi connectivity index (χ1n) is 5.95. The molecule has 0 heterocycles. The molecule has 4 nitrogen and oxygen atoms in total. The molecule has 0 bridgehead atoms. The van der Waals surface area contributed by atoms with E-state index in [1.807, 2.05) is 6.92 Å². The van der Waals surface area contributed by atoms with Crippen molar-refractivity contribution in [3.05, 3.63) is 0 Å². The van der Waals surface area contributed by atoms with Crippen molar-refractivity contribution < 1.29 is 19.8 Å². The zero-order valence-corrected chi connectivity index (χ0v) is 10.1. The standard InChI is InChI=1S/C12H22O4.Na.H/c1-3-5-6-9(4-2)7-10(12(15)16)8-11(13)14;;/h9-10H,3-8H2,1-2H3,(H,13,14)(H,15,16);;. The van der Waals surface area contributed by atoms with Crippen LogP contribution in [0.4, 0.5) is 0 Å². The zero-order chi connectivity index (χ0) is 12.6. The minimum atomic E-state index is -1.03. The van der Waals surface area contributed by atoms with Gasteiger partial charge >= 0.3 is 41.5 Å². The summed E-state index contributed by atoms with van der Waals surface area (Å²) < 4.78 is 0. The molecule has 2 N–H and O–H groups in total. The molecule has 96 valence electrons. The van der Waals surface area contributed by atoms with E-state index in [2.05, 4.69) is 6.92 Å². The summed E-state index contributed by atoms with van der Waals surface area (Å²) in [5, 5.41) is 17.6. The fourth-order valence-electron chi connectivity index (χ4n) is 1.87. The van der Waals surface area contributed by atoms with Crippen molar-refractivity contribution in [2.24, 2.45) is 11.8 Å².